The Hall–Kier alpha value is -1.83. The molecule has 1 aliphatic carbocycles. The van der Waals surface area contributed by atoms with E-state index >= 15 is 0 Å². The minimum atomic E-state index is -0.532. The average molecular weight is 448 g/mol. The molecule has 180 valence electrons. The number of carbonyl (C=O) groups is 1. The summed E-state index contributed by atoms with van der Waals surface area (Å²) in [6.45, 7) is 4.21. The van der Waals surface area contributed by atoms with E-state index in [1.807, 2.05) is 23.1 Å². The number of hydrogen-bond donors (Lipinski definition) is 2. The quantitative estimate of drug-likeness (QED) is 0.453. The molecule has 0 unspecified atom stereocenters. The number of hydrogen-bond acceptors (Lipinski definition) is 6. The molecule has 0 aromatic heterocycles. The predicted octanol–water partition coefficient (Wildman–Crippen LogP) is 2.80. The van der Waals surface area contributed by atoms with E-state index < -0.39 is 6.10 Å². The van der Waals surface area contributed by atoms with Gasteiger partial charge in [0.05, 0.1) is 7.11 Å². The number of aliphatic hydroxyl groups excluding tert-OH is 1. The Balaban J connectivity index is 1.37. The monoisotopic (exact) mass is 447 g/mol. The van der Waals surface area contributed by atoms with Crippen molar-refractivity contribution in [1.29, 1.82) is 0 Å². The van der Waals surface area contributed by atoms with E-state index in [0.29, 0.717) is 30.5 Å². The first-order valence-corrected chi connectivity index (χ1v) is 12.2. The predicted molar refractivity (Wildman–Crippen MR) is 126 cm³/mol. The summed E-state index contributed by atoms with van der Waals surface area (Å²) < 4.78 is 11.4. The molecule has 32 heavy (non-hydrogen) atoms. The number of likely N-dealkylation sites (tertiary alicyclic amines) is 1. The second kappa shape index (κ2) is 13.0. The van der Waals surface area contributed by atoms with Crippen LogP contribution in [0.4, 0.5) is 0 Å². The van der Waals surface area contributed by atoms with E-state index in [0.717, 1.165) is 44.6 Å². The molecule has 1 aromatic rings. The van der Waals surface area contributed by atoms with Gasteiger partial charge in [-0.1, -0.05) is 25.3 Å². The molecule has 7 nitrogen and oxygen atoms in total. The van der Waals surface area contributed by atoms with Gasteiger partial charge in [-0.2, -0.15) is 0 Å². The zero-order chi connectivity index (χ0) is 22.8. The van der Waals surface area contributed by atoms with Crippen LogP contribution in [0.15, 0.2) is 18.2 Å². The Kier molecular flexibility index (Phi) is 10.1. The molecule has 2 aliphatic rings. The van der Waals surface area contributed by atoms with Crippen molar-refractivity contribution in [2.45, 2.75) is 70.1 Å². The number of rotatable bonds is 13. The van der Waals surface area contributed by atoms with Crippen LogP contribution in [0.5, 0.6) is 11.5 Å². The molecule has 2 N–H and O–H groups in total. The van der Waals surface area contributed by atoms with Crippen molar-refractivity contribution in [2.75, 3.05) is 46.9 Å². The fourth-order valence-electron chi connectivity index (χ4n) is 4.75. The fraction of sp³-hybridized carbons (Fsp3) is 0.720. The highest BCUT2D eigenvalue weighted by atomic mass is 16.5. The molecule has 1 atom stereocenters. The van der Waals surface area contributed by atoms with Crippen LogP contribution in [0.2, 0.25) is 0 Å². The highest BCUT2D eigenvalue weighted by Crippen LogP contribution is 2.28. The van der Waals surface area contributed by atoms with Crippen molar-refractivity contribution in [1.82, 2.24) is 15.1 Å². The van der Waals surface area contributed by atoms with Crippen molar-refractivity contribution < 1.29 is 19.4 Å². The van der Waals surface area contributed by atoms with E-state index in [9.17, 15) is 9.90 Å². The van der Waals surface area contributed by atoms with Crippen LogP contribution in [-0.2, 0) is 11.3 Å². The van der Waals surface area contributed by atoms with E-state index in [-0.39, 0.29) is 12.5 Å². The van der Waals surface area contributed by atoms with Crippen LogP contribution in [0.3, 0.4) is 0 Å². The van der Waals surface area contributed by atoms with Crippen molar-refractivity contribution in [3.63, 3.8) is 0 Å². The topological polar surface area (TPSA) is 74.3 Å². The van der Waals surface area contributed by atoms with Crippen molar-refractivity contribution in [2.24, 2.45) is 0 Å². The summed E-state index contributed by atoms with van der Waals surface area (Å²) in [4.78, 5) is 15.9. The molecular formula is C25H41N3O4. The first-order valence-electron chi connectivity index (χ1n) is 12.2. The van der Waals surface area contributed by atoms with Gasteiger partial charge in [-0.05, 0) is 57.0 Å². The summed E-state index contributed by atoms with van der Waals surface area (Å²) in [7, 11) is 3.74. The van der Waals surface area contributed by atoms with Crippen molar-refractivity contribution >= 4 is 5.91 Å². The standard InChI is InChI=1S/C25H41N3O4/c1-27(21-8-4-3-5-9-21)18-22(29)19-32-23-12-11-20(16-24(23)31-2)17-26-13-7-15-28-14-6-10-25(28)30/h11-12,16,21-22,26,29H,3-10,13-15,17-19H2,1-2H3/t22-/m0/s1. The smallest absolute Gasteiger partial charge is 0.222 e. The minimum absolute atomic E-state index is 0.250. The summed E-state index contributed by atoms with van der Waals surface area (Å²) in [5.41, 5.74) is 1.11. The number of likely N-dealkylation sites (N-methyl/N-ethyl adjacent to an activating group) is 1. The molecule has 3 rings (SSSR count). The third-order valence-corrected chi connectivity index (χ3v) is 6.64. The molecule has 1 aliphatic heterocycles. The van der Waals surface area contributed by atoms with Crippen LogP contribution < -0.4 is 14.8 Å². The number of amides is 1. The van der Waals surface area contributed by atoms with Gasteiger partial charge >= 0.3 is 0 Å². The molecule has 1 amide bonds. The van der Waals surface area contributed by atoms with Crippen LogP contribution in [0.1, 0.15) is 56.9 Å². The van der Waals surface area contributed by atoms with Gasteiger partial charge in [0.1, 0.15) is 12.7 Å². The Morgan fingerprint density at radius 3 is 2.75 bits per heavy atom. The van der Waals surface area contributed by atoms with Crippen molar-refractivity contribution in [3.8, 4) is 11.5 Å². The van der Waals surface area contributed by atoms with E-state index in [1.54, 1.807) is 7.11 Å². The maximum absolute atomic E-state index is 11.6. The van der Waals surface area contributed by atoms with Gasteiger partial charge in [0.15, 0.2) is 11.5 Å². The fourth-order valence-corrected chi connectivity index (χ4v) is 4.75. The number of nitrogens with zero attached hydrogens (tertiary/aromatic N) is 2. The first kappa shape index (κ1) is 24.8. The zero-order valence-corrected chi connectivity index (χ0v) is 19.9. The lowest BCUT2D eigenvalue weighted by Crippen LogP contribution is -2.40. The Morgan fingerprint density at radius 2 is 2.03 bits per heavy atom. The average Bonchev–Trinajstić information content (AvgIpc) is 3.22. The molecular weight excluding hydrogens is 406 g/mol. The van der Waals surface area contributed by atoms with Gasteiger partial charge in [0, 0.05) is 38.6 Å². The van der Waals surface area contributed by atoms with Crippen LogP contribution in [-0.4, -0.2) is 79.9 Å². The van der Waals surface area contributed by atoms with Crippen LogP contribution in [0, 0.1) is 0 Å². The van der Waals surface area contributed by atoms with Gasteiger partial charge in [-0.3, -0.25) is 4.79 Å². The summed E-state index contributed by atoms with van der Waals surface area (Å²) >= 11 is 0. The number of nitrogens with one attached hydrogen (secondary N) is 1. The second-order valence-corrected chi connectivity index (χ2v) is 9.20. The summed E-state index contributed by atoms with van der Waals surface area (Å²) in [6.07, 6.45) is 8.49. The van der Waals surface area contributed by atoms with Gasteiger partial charge < -0.3 is 29.7 Å². The molecule has 1 saturated carbocycles. The van der Waals surface area contributed by atoms with Crippen molar-refractivity contribution in [3.05, 3.63) is 23.8 Å². The summed E-state index contributed by atoms with van der Waals surface area (Å²) in [5.74, 6) is 1.62. The maximum Gasteiger partial charge on any atom is 0.222 e. The first-order chi connectivity index (χ1) is 15.6. The number of benzene rings is 1. The lowest BCUT2D eigenvalue weighted by atomic mass is 9.94. The summed E-state index contributed by atoms with van der Waals surface area (Å²) in [6, 6.07) is 6.49. The molecule has 1 heterocycles. The number of carbonyl (C=O) groups excluding carboxylic acids is 1. The lowest BCUT2D eigenvalue weighted by Gasteiger charge is -2.32. The second-order valence-electron chi connectivity index (χ2n) is 9.20. The van der Waals surface area contributed by atoms with Gasteiger partial charge in [-0.25, -0.2) is 0 Å². The van der Waals surface area contributed by atoms with E-state index in [4.69, 9.17) is 9.47 Å². The molecule has 0 radical (unpaired) electrons. The normalized spacial score (nSPS) is 18.4. The number of aliphatic hydroxyl groups is 1. The van der Waals surface area contributed by atoms with Crippen LogP contribution >= 0.6 is 0 Å². The van der Waals surface area contributed by atoms with Gasteiger partial charge in [0.25, 0.3) is 0 Å². The highest BCUT2D eigenvalue weighted by Gasteiger charge is 2.21. The lowest BCUT2D eigenvalue weighted by molar-refractivity contribution is -0.127. The molecule has 1 saturated heterocycles. The Bertz CT molecular complexity index is 708. The molecule has 0 spiro atoms. The Morgan fingerprint density at radius 1 is 1.22 bits per heavy atom. The third kappa shape index (κ3) is 7.64. The zero-order valence-electron chi connectivity index (χ0n) is 19.9. The number of ether oxygens (including phenoxy) is 2. The van der Waals surface area contributed by atoms with E-state index in [1.165, 1.54) is 32.1 Å². The van der Waals surface area contributed by atoms with Crippen LogP contribution in [0.25, 0.3) is 0 Å². The SMILES string of the molecule is COc1cc(CNCCCN2CCCC2=O)ccc1OC[C@@H](O)CN(C)C1CCCCC1. The van der Waals surface area contributed by atoms with Gasteiger partial charge in [-0.15, -0.1) is 0 Å². The Labute approximate surface area is 193 Å². The molecule has 1 aromatic carbocycles. The molecule has 2 fully saturated rings. The van der Waals surface area contributed by atoms with Gasteiger partial charge in [0.2, 0.25) is 5.91 Å². The minimum Gasteiger partial charge on any atom is -0.493 e. The third-order valence-electron chi connectivity index (χ3n) is 6.64. The molecule has 0 bridgehead atoms. The highest BCUT2D eigenvalue weighted by molar-refractivity contribution is 5.77. The summed E-state index contributed by atoms with van der Waals surface area (Å²) in [5, 5.41) is 13.9. The number of methoxy groups -OCH3 is 1. The largest absolute Gasteiger partial charge is 0.493 e. The van der Waals surface area contributed by atoms with E-state index in [2.05, 4.69) is 17.3 Å². The maximum atomic E-state index is 11.6. The molecule has 7 heteroatoms.